The molecule has 0 saturated heterocycles. The summed E-state index contributed by atoms with van der Waals surface area (Å²) in [5.74, 6) is 0.762. The topological polar surface area (TPSA) is 35.5 Å². The summed E-state index contributed by atoms with van der Waals surface area (Å²) >= 11 is 0. The van der Waals surface area contributed by atoms with Gasteiger partial charge >= 0.3 is 7.60 Å². The summed E-state index contributed by atoms with van der Waals surface area (Å²) in [4.78, 5) is 0. The smallest absolute Gasteiger partial charge is 0.308 e. The standard InChI is InChI=1S/C28H59O3P/c1-6-7-8-9-10-11-12-13-14-15-16-17-18-19-20-21-22-23-24-32(29,30-25-27(2)3)31-26-28(4)5/h27-28H,6-26H2,1-5H3. The molecule has 0 aliphatic rings. The van der Waals surface area contributed by atoms with Crippen LogP contribution in [0.15, 0.2) is 0 Å². The van der Waals surface area contributed by atoms with Gasteiger partial charge in [0, 0.05) is 0 Å². The Labute approximate surface area is 202 Å². The second-order valence-corrected chi connectivity index (χ2v) is 12.9. The molecule has 0 radical (unpaired) electrons. The maximum atomic E-state index is 12.9. The summed E-state index contributed by atoms with van der Waals surface area (Å²) in [6.07, 6.45) is 25.1. The molecule has 0 aliphatic heterocycles. The van der Waals surface area contributed by atoms with Crippen molar-refractivity contribution in [3.63, 3.8) is 0 Å². The largest absolute Gasteiger partial charge is 0.330 e. The molecular weight excluding hydrogens is 415 g/mol. The van der Waals surface area contributed by atoms with E-state index in [4.69, 9.17) is 9.05 Å². The Balaban J connectivity index is 3.51. The zero-order valence-corrected chi connectivity index (χ0v) is 23.6. The summed E-state index contributed by atoms with van der Waals surface area (Å²) in [6.45, 7) is 11.7. The zero-order valence-electron chi connectivity index (χ0n) is 22.7. The van der Waals surface area contributed by atoms with Gasteiger partial charge in [-0.15, -0.1) is 0 Å². The highest BCUT2D eigenvalue weighted by Crippen LogP contribution is 2.49. The first-order valence-corrected chi connectivity index (χ1v) is 16.0. The van der Waals surface area contributed by atoms with E-state index in [2.05, 4.69) is 34.6 Å². The van der Waals surface area contributed by atoms with E-state index in [0.29, 0.717) is 31.2 Å². The van der Waals surface area contributed by atoms with Crippen LogP contribution in [-0.4, -0.2) is 19.4 Å². The number of unbranched alkanes of at least 4 members (excludes halogenated alkanes) is 17. The normalized spacial score (nSPS) is 12.3. The van der Waals surface area contributed by atoms with E-state index in [-0.39, 0.29) is 0 Å². The molecule has 0 fully saturated rings. The van der Waals surface area contributed by atoms with Crippen LogP contribution in [0.2, 0.25) is 0 Å². The summed E-state index contributed by atoms with van der Waals surface area (Å²) in [5, 5.41) is 0. The van der Waals surface area contributed by atoms with Gasteiger partial charge in [-0.1, -0.05) is 144 Å². The Morgan fingerprint density at radius 3 is 1.06 bits per heavy atom. The Morgan fingerprint density at radius 2 is 0.781 bits per heavy atom. The maximum Gasteiger partial charge on any atom is 0.330 e. The Morgan fingerprint density at radius 1 is 0.500 bits per heavy atom. The van der Waals surface area contributed by atoms with E-state index in [1.165, 1.54) is 103 Å². The van der Waals surface area contributed by atoms with Crippen LogP contribution in [0.25, 0.3) is 0 Å². The van der Waals surface area contributed by atoms with Crippen LogP contribution in [0.1, 0.15) is 150 Å². The molecule has 32 heavy (non-hydrogen) atoms. The second kappa shape index (κ2) is 22.9. The number of hydrogen-bond donors (Lipinski definition) is 0. The first-order chi connectivity index (χ1) is 15.4. The van der Waals surface area contributed by atoms with E-state index in [1.807, 2.05) is 0 Å². The van der Waals surface area contributed by atoms with Gasteiger partial charge in [0.2, 0.25) is 0 Å². The molecule has 4 heteroatoms. The fourth-order valence-electron chi connectivity index (χ4n) is 3.90. The highest BCUT2D eigenvalue weighted by Gasteiger charge is 2.24. The van der Waals surface area contributed by atoms with Gasteiger partial charge < -0.3 is 9.05 Å². The van der Waals surface area contributed by atoms with Crippen molar-refractivity contribution in [1.29, 1.82) is 0 Å². The molecule has 3 nitrogen and oxygen atoms in total. The van der Waals surface area contributed by atoms with Crippen LogP contribution < -0.4 is 0 Å². The molecule has 194 valence electrons. The molecule has 0 heterocycles. The van der Waals surface area contributed by atoms with Gasteiger partial charge in [-0.2, -0.15) is 0 Å². The third-order valence-electron chi connectivity index (χ3n) is 5.99. The van der Waals surface area contributed by atoms with Crippen LogP contribution in [0, 0.1) is 11.8 Å². The van der Waals surface area contributed by atoms with Gasteiger partial charge in [-0.25, -0.2) is 0 Å². The van der Waals surface area contributed by atoms with Gasteiger partial charge in [-0.3, -0.25) is 4.57 Å². The SMILES string of the molecule is CCCCCCCCCCCCCCCCCCCCP(=O)(OCC(C)C)OCC(C)C. The minimum Gasteiger partial charge on any atom is -0.308 e. The average Bonchev–Trinajstić information content (AvgIpc) is 2.75. The van der Waals surface area contributed by atoms with E-state index >= 15 is 0 Å². The lowest BCUT2D eigenvalue weighted by molar-refractivity contribution is 0.172. The Kier molecular flexibility index (Phi) is 23.0. The Hall–Kier alpha value is 0.150. The zero-order chi connectivity index (χ0) is 23.9. The van der Waals surface area contributed by atoms with Gasteiger partial charge in [0.05, 0.1) is 19.4 Å². The summed E-state index contributed by atoms with van der Waals surface area (Å²) in [7, 11) is -2.92. The molecule has 0 amide bonds. The van der Waals surface area contributed by atoms with Gasteiger partial charge in [-0.05, 0) is 18.3 Å². The minimum absolute atomic E-state index is 0.381. The minimum atomic E-state index is -2.92. The third kappa shape index (κ3) is 23.3. The van der Waals surface area contributed by atoms with E-state index in [0.717, 1.165) is 12.8 Å². The molecule has 0 rings (SSSR count). The van der Waals surface area contributed by atoms with Crippen LogP contribution in [-0.2, 0) is 13.6 Å². The van der Waals surface area contributed by atoms with Crippen molar-refractivity contribution in [2.24, 2.45) is 11.8 Å². The molecule has 0 aromatic heterocycles. The first kappa shape index (κ1) is 32.1. The van der Waals surface area contributed by atoms with Crippen molar-refractivity contribution >= 4 is 7.60 Å². The quantitative estimate of drug-likeness (QED) is 0.0974. The maximum absolute atomic E-state index is 12.9. The van der Waals surface area contributed by atoms with Crippen LogP contribution in [0.3, 0.4) is 0 Å². The van der Waals surface area contributed by atoms with Crippen molar-refractivity contribution in [1.82, 2.24) is 0 Å². The second-order valence-electron chi connectivity index (χ2n) is 10.7. The van der Waals surface area contributed by atoms with E-state index < -0.39 is 7.60 Å². The average molecular weight is 475 g/mol. The molecular formula is C28H59O3P. The lowest BCUT2D eigenvalue weighted by Crippen LogP contribution is -2.08. The fourth-order valence-corrected chi connectivity index (χ4v) is 5.89. The highest BCUT2D eigenvalue weighted by atomic mass is 31.2. The van der Waals surface area contributed by atoms with Crippen LogP contribution in [0.4, 0.5) is 0 Å². The molecule has 0 unspecified atom stereocenters. The highest BCUT2D eigenvalue weighted by molar-refractivity contribution is 7.53. The molecule has 0 atom stereocenters. The fraction of sp³-hybridized carbons (Fsp3) is 1.00. The van der Waals surface area contributed by atoms with Gasteiger partial charge in [0.15, 0.2) is 0 Å². The summed E-state index contributed by atoms with van der Waals surface area (Å²) in [6, 6.07) is 0. The monoisotopic (exact) mass is 474 g/mol. The number of rotatable bonds is 25. The molecule has 0 aromatic carbocycles. The third-order valence-corrected chi connectivity index (χ3v) is 7.94. The molecule has 0 bridgehead atoms. The molecule has 0 N–H and O–H groups in total. The van der Waals surface area contributed by atoms with E-state index in [9.17, 15) is 4.57 Å². The number of hydrogen-bond acceptors (Lipinski definition) is 3. The van der Waals surface area contributed by atoms with Crippen LogP contribution in [0.5, 0.6) is 0 Å². The van der Waals surface area contributed by atoms with Crippen molar-refractivity contribution in [3.05, 3.63) is 0 Å². The van der Waals surface area contributed by atoms with Crippen molar-refractivity contribution < 1.29 is 13.6 Å². The van der Waals surface area contributed by atoms with Crippen molar-refractivity contribution in [2.45, 2.75) is 150 Å². The molecule has 0 saturated carbocycles. The van der Waals surface area contributed by atoms with Crippen molar-refractivity contribution in [3.8, 4) is 0 Å². The molecule has 0 aromatic rings. The Bertz CT molecular complexity index is 407. The van der Waals surface area contributed by atoms with Gasteiger partial charge in [0.25, 0.3) is 0 Å². The predicted octanol–water partition coefficient (Wildman–Crippen LogP) is 10.6. The summed E-state index contributed by atoms with van der Waals surface area (Å²) in [5.41, 5.74) is 0. The van der Waals surface area contributed by atoms with Crippen molar-refractivity contribution in [2.75, 3.05) is 19.4 Å². The predicted molar refractivity (Wildman–Crippen MR) is 143 cm³/mol. The molecule has 0 spiro atoms. The van der Waals surface area contributed by atoms with Gasteiger partial charge in [0.1, 0.15) is 0 Å². The van der Waals surface area contributed by atoms with Crippen LogP contribution >= 0.6 is 7.60 Å². The molecule has 0 aliphatic carbocycles. The summed E-state index contributed by atoms with van der Waals surface area (Å²) < 4.78 is 24.4. The van der Waals surface area contributed by atoms with E-state index in [1.54, 1.807) is 0 Å². The lowest BCUT2D eigenvalue weighted by Gasteiger charge is -2.20. The lowest BCUT2D eigenvalue weighted by atomic mass is 10.0. The first-order valence-electron chi connectivity index (χ1n) is 14.3.